The van der Waals surface area contributed by atoms with Crippen molar-refractivity contribution >= 4 is 15.8 Å². The van der Waals surface area contributed by atoms with Crippen molar-refractivity contribution in [2.75, 3.05) is 4.72 Å². The Morgan fingerprint density at radius 2 is 1.52 bits per heavy atom. The van der Waals surface area contributed by atoms with Crippen LogP contribution in [0.25, 0.3) is 11.1 Å². The highest BCUT2D eigenvalue weighted by Crippen LogP contribution is 2.28. The van der Waals surface area contributed by atoms with Crippen molar-refractivity contribution in [2.45, 2.75) is 25.7 Å². The summed E-state index contributed by atoms with van der Waals surface area (Å²) in [7, 11) is -3.67. The van der Waals surface area contributed by atoms with Gasteiger partial charge in [0.15, 0.2) is 0 Å². The summed E-state index contributed by atoms with van der Waals surface area (Å²) >= 11 is 0. The fourth-order valence-electron chi connectivity index (χ4n) is 2.78. The van der Waals surface area contributed by atoms with E-state index in [0.29, 0.717) is 5.82 Å². The molecule has 1 aromatic heterocycles. The maximum atomic E-state index is 12.6. The summed E-state index contributed by atoms with van der Waals surface area (Å²) in [6, 6.07) is 18.5. The van der Waals surface area contributed by atoms with E-state index in [9.17, 15) is 8.42 Å². The molecule has 3 rings (SSSR count). The van der Waals surface area contributed by atoms with E-state index >= 15 is 0 Å². The van der Waals surface area contributed by atoms with E-state index < -0.39 is 10.0 Å². The van der Waals surface area contributed by atoms with Gasteiger partial charge < -0.3 is 0 Å². The summed E-state index contributed by atoms with van der Waals surface area (Å²) in [4.78, 5) is 4.42. The molecule has 0 spiro atoms. The van der Waals surface area contributed by atoms with Gasteiger partial charge in [0.1, 0.15) is 5.82 Å². The first-order valence-corrected chi connectivity index (χ1v) is 9.48. The number of aryl methyl sites for hydroxylation is 3. The molecule has 0 aliphatic carbocycles. The smallest absolute Gasteiger partial charge is 0.263 e. The highest BCUT2D eigenvalue weighted by molar-refractivity contribution is 7.92. The number of sulfonamides is 1. The molecule has 0 aliphatic heterocycles. The highest BCUT2D eigenvalue weighted by Gasteiger charge is 2.16. The van der Waals surface area contributed by atoms with Crippen molar-refractivity contribution < 1.29 is 8.42 Å². The van der Waals surface area contributed by atoms with Crippen LogP contribution in [0.1, 0.15) is 16.8 Å². The maximum absolute atomic E-state index is 12.6. The molecule has 1 heterocycles. The van der Waals surface area contributed by atoms with Gasteiger partial charge >= 0.3 is 0 Å². The Kier molecular flexibility index (Phi) is 4.59. The topological polar surface area (TPSA) is 59.1 Å². The first-order chi connectivity index (χ1) is 11.9. The van der Waals surface area contributed by atoms with Gasteiger partial charge in [-0.05, 0) is 67.3 Å². The van der Waals surface area contributed by atoms with Crippen LogP contribution in [-0.2, 0) is 10.0 Å². The molecule has 2 aromatic carbocycles. The van der Waals surface area contributed by atoms with Crippen molar-refractivity contribution in [1.29, 1.82) is 0 Å². The predicted octanol–water partition coefficient (Wildman–Crippen LogP) is 4.47. The van der Waals surface area contributed by atoms with Crippen molar-refractivity contribution in [3.8, 4) is 11.1 Å². The van der Waals surface area contributed by atoms with E-state index in [1.54, 1.807) is 24.3 Å². The fraction of sp³-hybridized carbons (Fsp3) is 0.150. The van der Waals surface area contributed by atoms with Gasteiger partial charge in [0.2, 0.25) is 0 Å². The second-order valence-electron chi connectivity index (χ2n) is 6.06. The number of anilines is 1. The van der Waals surface area contributed by atoms with E-state index in [0.717, 1.165) is 27.9 Å². The zero-order valence-corrected chi connectivity index (χ0v) is 15.3. The first kappa shape index (κ1) is 17.2. The molecule has 0 amide bonds. The Hall–Kier alpha value is -2.66. The predicted molar refractivity (Wildman–Crippen MR) is 101 cm³/mol. The number of pyridine rings is 1. The largest absolute Gasteiger partial charge is 0.263 e. The molecule has 0 unspecified atom stereocenters. The minimum absolute atomic E-state index is 0.227. The summed E-state index contributed by atoms with van der Waals surface area (Å²) in [5.41, 5.74) is 4.96. The second-order valence-corrected chi connectivity index (χ2v) is 7.74. The fourth-order valence-corrected chi connectivity index (χ4v) is 3.86. The number of nitrogens with one attached hydrogen (secondary N) is 1. The molecule has 128 valence electrons. The van der Waals surface area contributed by atoms with Crippen LogP contribution in [0.4, 0.5) is 5.82 Å². The van der Waals surface area contributed by atoms with Crippen LogP contribution in [0.5, 0.6) is 0 Å². The third kappa shape index (κ3) is 3.72. The lowest BCUT2D eigenvalue weighted by molar-refractivity contribution is 0.601. The normalized spacial score (nSPS) is 11.3. The van der Waals surface area contributed by atoms with E-state index in [-0.39, 0.29) is 4.90 Å². The molecule has 0 atom stereocenters. The number of hydrogen-bond acceptors (Lipinski definition) is 3. The molecule has 0 aliphatic rings. The highest BCUT2D eigenvalue weighted by atomic mass is 32.2. The van der Waals surface area contributed by atoms with E-state index in [1.807, 2.05) is 57.2 Å². The third-order valence-corrected chi connectivity index (χ3v) is 5.42. The summed E-state index contributed by atoms with van der Waals surface area (Å²) in [6.07, 6.45) is 0. The molecule has 4 nitrogen and oxygen atoms in total. The summed E-state index contributed by atoms with van der Waals surface area (Å²) in [5.74, 6) is 0.320. The van der Waals surface area contributed by atoms with E-state index in [2.05, 4.69) is 9.71 Å². The molecule has 1 N–H and O–H groups in total. The van der Waals surface area contributed by atoms with Gasteiger partial charge in [-0.3, -0.25) is 4.72 Å². The molecule has 0 bridgehead atoms. The van der Waals surface area contributed by atoms with Crippen LogP contribution < -0.4 is 4.72 Å². The van der Waals surface area contributed by atoms with Gasteiger partial charge in [-0.15, -0.1) is 0 Å². The van der Waals surface area contributed by atoms with Crippen molar-refractivity contribution in [2.24, 2.45) is 0 Å². The van der Waals surface area contributed by atoms with Gasteiger partial charge in [-0.1, -0.05) is 36.4 Å². The van der Waals surface area contributed by atoms with E-state index in [1.165, 1.54) is 0 Å². The zero-order chi connectivity index (χ0) is 18.0. The molecular weight excluding hydrogens is 332 g/mol. The molecule has 0 radical (unpaired) electrons. The molecule has 5 heteroatoms. The average molecular weight is 352 g/mol. The second kappa shape index (κ2) is 6.69. The van der Waals surface area contributed by atoms with Crippen LogP contribution in [0.2, 0.25) is 0 Å². The van der Waals surface area contributed by atoms with Crippen LogP contribution in [0.3, 0.4) is 0 Å². The van der Waals surface area contributed by atoms with Crippen LogP contribution in [0.15, 0.2) is 65.6 Å². The lowest BCUT2D eigenvalue weighted by atomic mass is 9.97. The van der Waals surface area contributed by atoms with Gasteiger partial charge in [0.25, 0.3) is 10.0 Å². The van der Waals surface area contributed by atoms with Crippen LogP contribution in [-0.4, -0.2) is 13.4 Å². The summed E-state index contributed by atoms with van der Waals surface area (Å²) < 4.78 is 27.8. The van der Waals surface area contributed by atoms with Crippen molar-refractivity contribution in [3.05, 3.63) is 77.5 Å². The van der Waals surface area contributed by atoms with Crippen molar-refractivity contribution in [1.82, 2.24) is 4.98 Å². The molecule has 0 saturated heterocycles. The van der Waals surface area contributed by atoms with Crippen molar-refractivity contribution in [3.63, 3.8) is 0 Å². The number of hydrogen-bond donors (Lipinski definition) is 1. The zero-order valence-electron chi connectivity index (χ0n) is 14.4. The third-order valence-electron chi connectivity index (χ3n) is 4.07. The monoisotopic (exact) mass is 352 g/mol. The average Bonchev–Trinajstić information content (AvgIpc) is 2.55. The Morgan fingerprint density at radius 1 is 0.800 bits per heavy atom. The number of benzene rings is 2. The molecule has 0 saturated carbocycles. The minimum Gasteiger partial charge on any atom is -0.263 e. The number of rotatable bonds is 4. The Labute approximate surface area is 148 Å². The lowest BCUT2D eigenvalue weighted by Gasteiger charge is -2.12. The van der Waals surface area contributed by atoms with E-state index in [4.69, 9.17) is 0 Å². The summed E-state index contributed by atoms with van der Waals surface area (Å²) in [5, 5.41) is 0. The minimum atomic E-state index is -3.67. The number of nitrogens with zero attached hydrogens (tertiary/aromatic N) is 1. The lowest BCUT2D eigenvalue weighted by Crippen LogP contribution is -2.14. The Bertz CT molecular complexity index is 1030. The molecule has 3 aromatic rings. The number of aromatic nitrogens is 1. The van der Waals surface area contributed by atoms with Gasteiger partial charge in [0.05, 0.1) is 4.90 Å². The Morgan fingerprint density at radius 3 is 2.20 bits per heavy atom. The SMILES string of the molecule is Cc1cccc(NS(=O)(=O)c2ccc(-c3ccccc3C)c(C)c2)n1. The quantitative estimate of drug-likeness (QED) is 0.753. The van der Waals surface area contributed by atoms with Crippen LogP contribution >= 0.6 is 0 Å². The standard InChI is InChI=1S/C20H20N2O2S/c1-14-7-4-5-9-18(14)19-12-11-17(13-15(19)2)25(23,24)22-20-10-6-8-16(3)21-20/h4-13H,1-3H3,(H,21,22). The molecule has 0 fully saturated rings. The summed E-state index contributed by atoms with van der Waals surface area (Å²) in [6.45, 7) is 5.79. The Balaban J connectivity index is 1.96. The molecular formula is C20H20N2O2S. The maximum Gasteiger partial charge on any atom is 0.263 e. The van der Waals surface area contributed by atoms with Gasteiger partial charge in [-0.2, -0.15) is 0 Å². The van der Waals surface area contributed by atoms with Gasteiger partial charge in [-0.25, -0.2) is 13.4 Å². The van der Waals surface area contributed by atoms with Gasteiger partial charge in [0, 0.05) is 5.69 Å². The first-order valence-electron chi connectivity index (χ1n) is 8.00. The molecule has 25 heavy (non-hydrogen) atoms. The van der Waals surface area contributed by atoms with Crippen LogP contribution in [0, 0.1) is 20.8 Å².